The Hall–Kier alpha value is -2.82. The first-order chi connectivity index (χ1) is 13.0. The molecule has 2 aromatic carbocycles. The number of hydrogen-bond donors (Lipinski definition) is 0. The highest BCUT2D eigenvalue weighted by atomic mass is 32.2. The highest BCUT2D eigenvalue weighted by molar-refractivity contribution is 7.88. The van der Waals surface area contributed by atoms with Crippen LogP contribution < -0.4 is 13.8 Å². The van der Waals surface area contributed by atoms with Crippen molar-refractivity contribution in [2.24, 2.45) is 0 Å². The first-order valence-electron chi connectivity index (χ1n) is 7.82. The van der Waals surface area contributed by atoms with Crippen LogP contribution in [0, 0.1) is 5.82 Å². The van der Waals surface area contributed by atoms with Gasteiger partial charge in [-0.05, 0) is 42.3 Å². The fourth-order valence-corrected chi connectivity index (χ4v) is 3.21. The van der Waals surface area contributed by atoms with Crippen molar-refractivity contribution in [1.82, 2.24) is 0 Å². The summed E-state index contributed by atoms with van der Waals surface area (Å²) in [7, 11) is -4.44. The van der Waals surface area contributed by atoms with Gasteiger partial charge in [-0.3, -0.25) is 4.79 Å². The molecule has 6 nitrogen and oxygen atoms in total. The fraction of sp³-hybridized carbons (Fsp3) is 0.235. The van der Waals surface area contributed by atoms with Gasteiger partial charge in [0.05, 0.1) is 12.8 Å². The first kappa shape index (κ1) is 19.9. The van der Waals surface area contributed by atoms with Crippen LogP contribution in [0.4, 0.5) is 23.2 Å². The second kappa shape index (κ2) is 6.97. The number of rotatable bonds is 4. The highest BCUT2D eigenvalue weighted by Gasteiger charge is 2.48. The molecule has 0 unspecified atom stereocenters. The fourth-order valence-electron chi connectivity index (χ4n) is 2.75. The molecule has 0 bridgehead atoms. The van der Waals surface area contributed by atoms with Gasteiger partial charge in [-0.1, -0.05) is 0 Å². The van der Waals surface area contributed by atoms with Gasteiger partial charge >= 0.3 is 15.6 Å². The number of methoxy groups -OCH3 is 1. The first-order valence-corrected chi connectivity index (χ1v) is 9.23. The lowest BCUT2D eigenvalue weighted by molar-refractivity contribution is -0.0500. The molecule has 0 aliphatic carbocycles. The van der Waals surface area contributed by atoms with Crippen LogP contribution in [0.5, 0.6) is 11.5 Å². The summed E-state index contributed by atoms with van der Waals surface area (Å²) in [5.74, 6) is -1.88. The van der Waals surface area contributed by atoms with Crippen LogP contribution in [-0.4, -0.2) is 33.5 Å². The third kappa shape index (κ3) is 3.61. The molecule has 3 rings (SSSR count). The van der Waals surface area contributed by atoms with Crippen LogP contribution in [0.15, 0.2) is 36.4 Å². The van der Waals surface area contributed by atoms with Crippen LogP contribution in [0.1, 0.15) is 15.9 Å². The lowest BCUT2D eigenvalue weighted by Crippen LogP contribution is -2.38. The molecular formula is C17H13F4NO5S. The molecule has 0 saturated heterocycles. The van der Waals surface area contributed by atoms with Gasteiger partial charge in [-0.15, -0.1) is 0 Å². The molecule has 0 N–H and O–H groups in total. The largest absolute Gasteiger partial charge is 0.534 e. The Balaban J connectivity index is 1.88. The summed E-state index contributed by atoms with van der Waals surface area (Å²) in [5, 5.41) is 0. The van der Waals surface area contributed by atoms with Crippen molar-refractivity contribution >= 4 is 21.7 Å². The number of hydrogen-bond acceptors (Lipinski definition) is 5. The molecule has 2 aromatic rings. The summed E-state index contributed by atoms with van der Waals surface area (Å²) >= 11 is 0. The summed E-state index contributed by atoms with van der Waals surface area (Å²) in [5.41, 5.74) is -4.79. The monoisotopic (exact) mass is 419 g/mol. The number of carbonyl (C=O) groups is 1. The summed E-state index contributed by atoms with van der Waals surface area (Å²) < 4.78 is 82.5. The third-order valence-electron chi connectivity index (χ3n) is 4.09. The van der Waals surface area contributed by atoms with Crippen molar-refractivity contribution in [3.8, 4) is 11.5 Å². The summed E-state index contributed by atoms with van der Waals surface area (Å²) in [6.07, 6.45) is 0.401. The van der Waals surface area contributed by atoms with Crippen molar-refractivity contribution in [3.63, 3.8) is 0 Å². The molecule has 0 fully saturated rings. The smallest absolute Gasteiger partial charge is 0.497 e. The molecule has 0 spiro atoms. The predicted molar refractivity (Wildman–Crippen MR) is 90.4 cm³/mol. The van der Waals surface area contributed by atoms with Crippen molar-refractivity contribution in [2.45, 2.75) is 11.9 Å². The Morgan fingerprint density at radius 3 is 2.36 bits per heavy atom. The Labute approximate surface area is 157 Å². The number of nitrogens with zero attached hydrogens (tertiary/aromatic N) is 1. The second-order valence-corrected chi connectivity index (χ2v) is 7.36. The Bertz CT molecular complexity index is 1040. The van der Waals surface area contributed by atoms with Gasteiger partial charge in [-0.25, -0.2) is 4.39 Å². The zero-order valence-electron chi connectivity index (χ0n) is 14.3. The molecular weight excluding hydrogens is 406 g/mol. The van der Waals surface area contributed by atoms with E-state index in [0.29, 0.717) is 23.8 Å². The van der Waals surface area contributed by atoms with Crippen LogP contribution in [-0.2, 0) is 16.5 Å². The minimum atomic E-state index is -5.92. The van der Waals surface area contributed by atoms with Crippen LogP contribution >= 0.6 is 0 Å². The quantitative estimate of drug-likeness (QED) is 0.432. The molecule has 11 heteroatoms. The van der Waals surface area contributed by atoms with Crippen LogP contribution in [0.25, 0.3) is 0 Å². The average molecular weight is 419 g/mol. The number of amides is 1. The third-order valence-corrected chi connectivity index (χ3v) is 5.07. The minimum absolute atomic E-state index is 0.122. The van der Waals surface area contributed by atoms with E-state index in [1.165, 1.54) is 13.2 Å². The van der Waals surface area contributed by atoms with Gasteiger partial charge in [0.2, 0.25) is 0 Å². The van der Waals surface area contributed by atoms with E-state index < -0.39 is 33.1 Å². The van der Waals surface area contributed by atoms with Crippen molar-refractivity contribution in [2.75, 3.05) is 18.6 Å². The van der Waals surface area contributed by atoms with Gasteiger partial charge in [0.1, 0.15) is 11.5 Å². The molecule has 0 aromatic heterocycles. The number of benzene rings is 2. The molecule has 1 aliphatic heterocycles. The molecule has 28 heavy (non-hydrogen) atoms. The number of carbonyl (C=O) groups excluding carboxylic acids is 1. The Morgan fingerprint density at radius 2 is 1.75 bits per heavy atom. The average Bonchev–Trinajstić information content (AvgIpc) is 2.61. The van der Waals surface area contributed by atoms with Crippen molar-refractivity contribution < 1.29 is 39.7 Å². The van der Waals surface area contributed by atoms with E-state index in [0.717, 1.165) is 22.6 Å². The highest BCUT2D eigenvalue weighted by Crippen LogP contribution is 2.32. The summed E-state index contributed by atoms with van der Waals surface area (Å²) in [6, 6.07) is 7.13. The van der Waals surface area contributed by atoms with E-state index in [1.54, 1.807) is 12.1 Å². The van der Waals surface area contributed by atoms with Gasteiger partial charge in [-0.2, -0.15) is 21.6 Å². The zero-order valence-corrected chi connectivity index (χ0v) is 15.1. The number of ether oxygens (including phenoxy) is 1. The number of halogens is 4. The Morgan fingerprint density at radius 1 is 1.07 bits per heavy atom. The number of fused-ring (bicyclic) bond motifs is 1. The zero-order chi connectivity index (χ0) is 20.7. The second-order valence-electron chi connectivity index (χ2n) is 5.83. The molecule has 1 aliphatic rings. The standard InChI is InChI=1S/C17H13F4NO5S/c1-26-11-2-4-13-10(8-11)6-7-22(16(13)23)15-5-3-12(9-14(15)18)27-28(24,25)17(19,20)21/h2-5,8-9H,6-7H2,1H3. The van der Waals surface area contributed by atoms with E-state index in [2.05, 4.69) is 4.18 Å². The normalized spacial score (nSPS) is 14.6. The molecule has 1 amide bonds. The van der Waals surface area contributed by atoms with Crippen LogP contribution in [0.2, 0.25) is 0 Å². The van der Waals surface area contributed by atoms with E-state index >= 15 is 0 Å². The SMILES string of the molecule is COc1ccc2c(c1)CCN(c1ccc(OS(=O)(=O)C(F)(F)F)cc1F)C2=O. The molecule has 0 radical (unpaired) electrons. The van der Waals surface area contributed by atoms with Gasteiger partial charge in [0, 0.05) is 18.2 Å². The minimum Gasteiger partial charge on any atom is -0.497 e. The van der Waals surface area contributed by atoms with Crippen LogP contribution in [0.3, 0.4) is 0 Å². The summed E-state index contributed by atoms with van der Waals surface area (Å²) in [6.45, 7) is 0.122. The van der Waals surface area contributed by atoms with Gasteiger partial charge < -0.3 is 13.8 Å². The number of anilines is 1. The number of alkyl halides is 3. The molecule has 1 heterocycles. The van der Waals surface area contributed by atoms with E-state index in [9.17, 15) is 30.8 Å². The van der Waals surface area contributed by atoms with Gasteiger partial charge in [0.25, 0.3) is 5.91 Å². The topological polar surface area (TPSA) is 72.9 Å². The lowest BCUT2D eigenvalue weighted by atomic mass is 9.98. The molecule has 0 atom stereocenters. The van der Waals surface area contributed by atoms with Gasteiger partial charge in [0.15, 0.2) is 5.82 Å². The predicted octanol–water partition coefficient (Wildman–Crippen LogP) is 3.27. The maximum absolute atomic E-state index is 14.4. The van der Waals surface area contributed by atoms with E-state index in [-0.39, 0.29) is 12.2 Å². The Kier molecular flexibility index (Phi) is 4.96. The maximum Gasteiger partial charge on any atom is 0.534 e. The van der Waals surface area contributed by atoms with E-state index in [4.69, 9.17) is 4.74 Å². The van der Waals surface area contributed by atoms with Crippen molar-refractivity contribution in [1.29, 1.82) is 0 Å². The molecule has 0 saturated carbocycles. The molecule has 150 valence electrons. The summed E-state index contributed by atoms with van der Waals surface area (Å²) in [4.78, 5) is 13.8. The maximum atomic E-state index is 14.4. The lowest BCUT2D eigenvalue weighted by Gasteiger charge is -2.29. The van der Waals surface area contributed by atoms with E-state index in [1.807, 2.05) is 0 Å². The van der Waals surface area contributed by atoms with Crippen molar-refractivity contribution in [3.05, 3.63) is 53.3 Å².